The number of benzene rings is 1. The van der Waals surface area contributed by atoms with Gasteiger partial charge < -0.3 is 10.5 Å². The second-order valence-electron chi connectivity index (χ2n) is 4.92. The number of fused-ring (bicyclic) bond motifs is 1. The van der Waals surface area contributed by atoms with Crippen LogP contribution < -0.4 is 16.2 Å². The minimum atomic E-state index is -0.708. The molecule has 0 saturated heterocycles. The third kappa shape index (κ3) is 2.42. The lowest BCUT2D eigenvalue weighted by Gasteiger charge is -2.25. The number of aromatic nitrogens is 2. The van der Waals surface area contributed by atoms with Crippen LogP contribution in [0.3, 0.4) is 0 Å². The molecule has 0 saturated carbocycles. The summed E-state index contributed by atoms with van der Waals surface area (Å²) in [6, 6.07) is 7.60. The van der Waals surface area contributed by atoms with E-state index in [2.05, 4.69) is 9.97 Å². The number of hydrogen-bond acceptors (Lipinski definition) is 7. The van der Waals surface area contributed by atoms with Gasteiger partial charge >= 0.3 is 5.69 Å². The Morgan fingerprint density at radius 3 is 2.58 bits per heavy atom. The van der Waals surface area contributed by atoms with Crippen molar-refractivity contribution < 1.29 is 9.66 Å². The van der Waals surface area contributed by atoms with Gasteiger partial charge in [-0.25, -0.2) is 4.79 Å². The summed E-state index contributed by atoms with van der Waals surface area (Å²) in [4.78, 5) is 26.7. The molecule has 0 aliphatic carbocycles. The fraction of sp³-hybridized carbons (Fsp3) is 0.0714. The normalized spacial score (nSPS) is 16.0. The summed E-state index contributed by atoms with van der Waals surface area (Å²) in [6.45, 7) is 0. The van der Waals surface area contributed by atoms with Crippen LogP contribution in [0.5, 0.6) is 5.88 Å². The van der Waals surface area contributed by atoms with Crippen LogP contribution in [0.4, 0.5) is 5.69 Å². The van der Waals surface area contributed by atoms with E-state index in [-0.39, 0.29) is 27.7 Å². The van der Waals surface area contributed by atoms with E-state index < -0.39 is 16.5 Å². The Labute approximate surface area is 139 Å². The van der Waals surface area contributed by atoms with Crippen LogP contribution >= 0.6 is 12.2 Å². The van der Waals surface area contributed by atoms with Gasteiger partial charge in [0.25, 0.3) is 5.69 Å². The van der Waals surface area contributed by atoms with Crippen LogP contribution in [0.25, 0.3) is 0 Å². The number of hydrogen-bond donors (Lipinski definition) is 3. The number of rotatable bonds is 2. The number of nitrogens with two attached hydrogens (primary N) is 1. The van der Waals surface area contributed by atoms with Gasteiger partial charge in [0, 0.05) is 12.1 Å². The summed E-state index contributed by atoms with van der Waals surface area (Å²) in [7, 11) is 0. The monoisotopic (exact) mass is 343 g/mol. The van der Waals surface area contributed by atoms with E-state index in [1.807, 2.05) is 6.07 Å². The first-order valence-corrected chi connectivity index (χ1v) is 7.01. The SMILES string of the molecule is N#CC1=C(N)Oc2[nH]c(=O)[nH]c(=S)c2C1c1ccc([N+](=O)[O-])cc1. The van der Waals surface area contributed by atoms with E-state index in [4.69, 9.17) is 22.7 Å². The van der Waals surface area contributed by atoms with Crippen LogP contribution in [0.1, 0.15) is 17.0 Å². The smallest absolute Gasteiger partial charge is 0.326 e. The molecule has 10 heteroatoms. The summed E-state index contributed by atoms with van der Waals surface area (Å²) in [5, 5.41) is 20.2. The molecule has 0 radical (unpaired) electrons. The van der Waals surface area contributed by atoms with Crippen molar-refractivity contribution in [1.82, 2.24) is 9.97 Å². The van der Waals surface area contributed by atoms with Crippen LogP contribution in [0.2, 0.25) is 0 Å². The molecule has 1 unspecified atom stereocenters. The summed E-state index contributed by atoms with van der Waals surface area (Å²) < 4.78 is 5.39. The minimum absolute atomic E-state index is 0.0450. The first-order valence-electron chi connectivity index (χ1n) is 6.60. The number of nitro groups is 1. The molecule has 0 spiro atoms. The van der Waals surface area contributed by atoms with Gasteiger partial charge in [-0.05, 0) is 5.56 Å². The highest BCUT2D eigenvalue weighted by molar-refractivity contribution is 7.71. The quantitative estimate of drug-likeness (QED) is 0.425. The lowest BCUT2D eigenvalue weighted by atomic mass is 9.85. The van der Waals surface area contributed by atoms with E-state index in [0.29, 0.717) is 11.1 Å². The molecule has 4 N–H and O–H groups in total. The van der Waals surface area contributed by atoms with Crippen LogP contribution in [0.15, 0.2) is 40.5 Å². The molecular weight excluding hydrogens is 334 g/mol. The first kappa shape index (κ1) is 15.4. The standard InChI is InChI=1S/C14H9N5O4S/c15-5-8-9(6-1-3-7(4-2-6)19(21)22)10-12(23-11(8)16)17-14(20)18-13(10)24/h1-4,9H,16H2,(H2,17,18,20,24). The lowest BCUT2D eigenvalue weighted by Crippen LogP contribution is -2.25. The number of non-ortho nitro benzene ring substituents is 1. The summed E-state index contributed by atoms with van der Waals surface area (Å²) in [5.41, 5.74) is 6.12. The van der Waals surface area contributed by atoms with E-state index >= 15 is 0 Å². The molecule has 2 aromatic rings. The lowest BCUT2D eigenvalue weighted by molar-refractivity contribution is -0.384. The summed E-state index contributed by atoms with van der Waals surface area (Å²) in [6.07, 6.45) is 0. The predicted octanol–water partition coefficient (Wildman–Crippen LogP) is 1.56. The van der Waals surface area contributed by atoms with Gasteiger partial charge in [0.05, 0.1) is 16.4 Å². The molecule has 0 amide bonds. The number of aromatic amines is 2. The zero-order valence-electron chi connectivity index (χ0n) is 11.9. The third-order valence-corrected chi connectivity index (χ3v) is 3.88. The van der Waals surface area contributed by atoms with Crippen LogP contribution in [-0.4, -0.2) is 14.9 Å². The number of nitro benzene ring substituents is 1. The molecule has 0 fully saturated rings. The molecule has 24 heavy (non-hydrogen) atoms. The summed E-state index contributed by atoms with van der Waals surface area (Å²) in [5.74, 6) is -0.826. The number of allylic oxidation sites excluding steroid dienone is 1. The van der Waals surface area contributed by atoms with Gasteiger partial charge in [0.1, 0.15) is 16.3 Å². The molecule has 1 aromatic carbocycles. The highest BCUT2D eigenvalue weighted by atomic mass is 32.1. The summed E-state index contributed by atoms with van der Waals surface area (Å²) >= 11 is 5.17. The highest BCUT2D eigenvalue weighted by Gasteiger charge is 2.33. The van der Waals surface area contributed by atoms with Crippen molar-refractivity contribution in [2.75, 3.05) is 0 Å². The van der Waals surface area contributed by atoms with Gasteiger partial charge in [0.15, 0.2) is 0 Å². The molecule has 9 nitrogen and oxygen atoms in total. The molecule has 120 valence electrons. The zero-order chi connectivity index (χ0) is 17.4. The Hall–Kier alpha value is -3.45. The van der Waals surface area contributed by atoms with E-state index in [9.17, 15) is 20.2 Å². The van der Waals surface area contributed by atoms with Crippen LogP contribution in [0, 0.1) is 26.1 Å². The molecule has 1 aliphatic heterocycles. The van der Waals surface area contributed by atoms with E-state index in [1.54, 1.807) is 0 Å². The Kier molecular flexibility index (Phi) is 3.63. The molecule has 1 aliphatic rings. The maximum atomic E-state index is 11.5. The minimum Gasteiger partial charge on any atom is -0.424 e. The van der Waals surface area contributed by atoms with Crippen molar-refractivity contribution in [3.63, 3.8) is 0 Å². The maximum Gasteiger partial charge on any atom is 0.326 e. The first-order chi connectivity index (χ1) is 11.4. The van der Waals surface area contributed by atoms with Crippen molar-refractivity contribution in [3.8, 4) is 11.9 Å². The van der Waals surface area contributed by atoms with E-state index in [0.717, 1.165) is 0 Å². The third-order valence-electron chi connectivity index (χ3n) is 3.56. The number of H-pyrrole nitrogens is 2. The van der Waals surface area contributed by atoms with Crippen molar-refractivity contribution in [2.45, 2.75) is 5.92 Å². The second-order valence-corrected chi connectivity index (χ2v) is 5.33. The Balaban J connectivity index is 2.25. The van der Waals surface area contributed by atoms with Crippen molar-refractivity contribution in [2.24, 2.45) is 5.73 Å². The molecule has 1 aromatic heterocycles. The van der Waals surface area contributed by atoms with E-state index in [1.165, 1.54) is 24.3 Å². The number of nitrogens with one attached hydrogen (secondary N) is 2. The van der Waals surface area contributed by atoms with Crippen molar-refractivity contribution >= 4 is 17.9 Å². The van der Waals surface area contributed by atoms with Gasteiger partial charge in [-0.15, -0.1) is 0 Å². The molecule has 1 atom stereocenters. The largest absolute Gasteiger partial charge is 0.424 e. The fourth-order valence-electron chi connectivity index (χ4n) is 2.51. The van der Waals surface area contributed by atoms with Gasteiger partial charge in [-0.1, -0.05) is 24.4 Å². The van der Waals surface area contributed by atoms with Crippen molar-refractivity contribution in [3.05, 3.63) is 72.1 Å². The van der Waals surface area contributed by atoms with Gasteiger partial charge in [-0.2, -0.15) is 5.26 Å². The Morgan fingerprint density at radius 2 is 2.00 bits per heavy atom. The average Bonchev–Trinajstić information content (AvgIpc) is 2.53. The fourth-order valence-corrected chi connectivity index (χ4v) is 2.81. The molecule has 2 heterocycles. The van der Waals surface area contributed by atoms with Crippen molar-refractivity contribution in [1.29, 1.82) is 5.26 Å². The highest BCUT2D eigenvalue weighted by Crippen LogP contribution is 2.40. The Bertz CT molecular complexity index is 1030. The topological polar surface area (TPSA) is 151 Å². The van der Waals surface area contributed by atoms with Gasteiger partial charge in [0.2, 0.25) is 11.8 Å². The number of ether oxygens (including phenoxy) is 1. The average molecular weight is 343 g/mol. The predicted molar refractivity (Wildman–Crippen MR) is 84.6 cm³/mol. The second kappa shape index (κ2) is 5.64. The number of nitrogens with zero attached hydrogens (tertiary/aromatic N) is 2. The van der Waals surface area contributed by atoms with Gasteiger partial charge in [-0.3, -0.25) is 20.1 Å². The Morgan fingerprint density at radius 1 is 1.33 bits per heavy atom. The number of nitriles is 1. The molecule has 0 bridgehead atoms. The van der Waals surface area contributed by atoms with Crippen LogP contribution in [-0.2, 0) is 0 Å². The maximum absolute atomic E-state index is 11.5. The molecule has 3 rings (SSSR count). The zero-order valence-corrected chi connectivity index (χ0v) is 12.7. The molecular formula is C14H9N5O4S.